The van der Waals surface area contributed by atoms with Crippen molar-refractivity contribution in [3.8, 4) is 17.2 Å². The fourth-order valence-corrected chi connectivity index (χ4v) is 4.82. The van der Waals surface area contributed by atoms with Crippen LogP contribution < -0.4 is 9.64 Å². The van der Waals surface area contributed by atoms with Crippen LogP contribution in [0.4, 0.5) is 19.1 Å². The van der Waals surface area contributed by atoms with E-state index in [0.29, 0.717) is 24.7 Å². The Kier molecular flexibility index (Phi) is 8.56. The lowest BCUT2D eigenvalue weighted by Gasteiger charge is -2.16. The minimum absolute atomic E-state index is 0.0803. The molecule has 1 saturated heterocycles. The quantitative estimate of drug-likeness (QED) is 0.223. The number of hydrogen-bond acceptors (Lipinski definition) is 8. The van der Waals surface area contributed by atoms with Crippen LogP contribution in [0, 0.1) is 18.8 Å². The van der Waals surface area contributed by atoms with Gasteiger partial charge in [-0.2, -0.15) is 13.2 Å². The first-order chi connectivity index (χ1) is 20.2. The monoisotopic (exact) mass is 578 g/mol. The van der Waals surface area contributed by atoms with Crippen LogP contribution in [0.15, 0.2) is 77.4 Å². The Morgan fingerprint density at radius 2 is 1.90 bits per heavy atom. The third-order valence-corrected chi connectivity index (χ3v) is 7.00. The van der Waals surface area contributed by atoms with Gasteiger partial charge in [0.25, 0.3) is 0 Å². The SMILES string of the molecule is COC(=O)[C@H]1CN(c2nccc(C(F)(F)F)n2)C[C@H]1/C=C/c1cccc(OCCc2nc(-c3ccccc3)oc2C)c1. The number of aryl methyl sites for hydroxylation is 1. The van der Waals surface area contributed by atoms with Crippen molar-refractivity contribution in [2.24, 2.45) is 11.8 Å². The average Bonchev–Trinajstić information content (AvgIpc) is 3.60. The predicted octanol–water partition coefficient (Wildman–Crippen LogP) is 6.02. The Balaban J connectivity index is 1.23. The maximum absolute atomic E-state index is 13.2. The van der Waals surface area contributed by atoms with E-state index in [-0.39, 0.29) is 25.0 Å². The van der Waals surface area contributed by atoms with Crippen LogP contribution in [0.2, 0.25) is 0 Å². The molecule has 8 nitrogen and oxygen atoms in total. The number of hydrogen-bond donors (Lipinski definition) is 0. The molecule has 0 saturated carbocycles. The first-order valence-corrected chi connectivity index (χ1v) is 13.4. The number of methoxy groups -OCH3 is 1. The average molecular weight is 579 g/mol. The van der Waals surface area contributed by atoms with Crippen molar-refractivity contribution in [2.75, 3.05) is 31.7 Å². The Morgan fingerprint density at radius 3 is 2.67 bits per heavy atom. The zero-order valence-corrected chi connectivity index (χ0v) is 23.0. The van der Waals surface area contributed by atoms with Crippen molar-refractivity contribution in [3.63, 3.8) is 0 Å². The van der Waals surface area contributed by atoms with E-state index in [1.807, 2.05) is 73.7 Å². The first-order valence-electron chi connectivity index (χ1n) is 13.4. The molecule has 2 aromatic heterocycles. The van der Waals surface area contributed by atoms with Gasteiger partial charge in [0.2, 0.25) is 11.8 Å². The molecule has 0 unspecified atom stereocenters. The van der Waals surface area contributed by atoms with Crippen LogP contribution in [0.3, 0.4) is 0 Å². The number of ether oxygens (including phenoxy) is 2. The van der Waals surface area contributed by atoms with Gasteiger partial charge in [0.15, 0.2) is 0 Å². The molecule has 0 N–H and O–H groups in total. The van der Waals surface area contributed by atoms with E-state index in [4.69, 9.17) is 13.9 Å². The molecule has 1 fully saturated rings. The van der Waals surface area contributed by atoms with Crippen molar-refractivity contribution in [3.05, 3.63) is 95.6 Å². The fourth-order valence-electron chi connectivity index (χ4n) is 4.82. The van der Waals surface area contributed by atoms with Crippen LogP contribution >= 0.6 is 0 Å². The molecule has 11 heteroatoms. The Hall–Kier alpha value is -4.67. The zero-order valence-electron chi connectivity index (χ0n) is 23.0. The molecule has 1 aliphatic heterocycles. The van der Waals surface area contributed by atoms with Crippen LogP contribution in [0.25, 0.3) is 17.5 Å². The van der Waals surface area contributed by atoms with Crippen LogP contribution in [-0.4, -0.2) is 47.7 Å². The first kappa shape index (κ1) is 28.8. The van der Waals surface area contributed by atoms with Crippen LogP contribution in [-0.2, 0) is 22.1 Å². The van der Waals surface area contributed by atoms with Crippen molar-refractivity contribution >= 4 is 18.0 Å². The topological polar surface area (TPSA) is 90.6 Å². The number of carbonyl (C=O) groups is 1. The number of anilines is 1. The van der Waals surface area contributed by atoms with Gasteiger partial charge >= 0.3 is 12.1 Å². The standard InChI is InChI=1S/C31H29F3N4O4/c1-20-26(36-28(42-20)22-8-4-3-5-9-22)14-16-41-24-10-6-7-21(17-24)11-12-23-18-38(19-25(23)29(39)40-2)30-35-15-13-27(37-30)31(32,33)34/h3-13,15,17,23,25H,14,16,18-19H2,1-2H3/b12-11+/t23-,25+/m1/s1. The molecule has 0 amide bonds. The number of nitrogens with zero attached hydrogens (tertiary/aromatic N) is 4. The molecule has 1 aliphatic rings. The largest absolute Gasteiger partial charge is 0.493 e. The lowest BCUT2D eigenvalue weighted by molar-refractivity contribution is -0.145. The molecule has 2 atom stereocenters. The number of benzene rings is 2. The number of carbonyl (C=O) groups excluding carboxylic acids is 1. The molecular formula is C31H29F3N4O4. The van der Waals surface area contributed by atoms with Gasteiger partial charge in [0.05, 0.1) is 25.3 Å². The number of aromatic nitrogens is 3. The summed E-state index contributed by atoms with van der Waals surface area (Å²) < 4.78 is 56.3. The van der Waals surface area contributed by atoms with Gasteiger partial charge in [-0.3, -0.25) is 4.79 Å². The highest BCUT2D eigenvalue weighted by atomic mass is 19.4. The van der Waals surface area contributed by atoms with Gasteiger partial charge in [0, 0.05) is 37.2 Å². The van der Waals surface area contributed by atoms with Gasteiger partial charge in [-0.05, 0) is 42.8 Å². The summed E-state index contributed by atoms with van der Waals surface area (Å²) in [6.45, 7) is 2.67. The zero-order chi connectivity index (χ0) is 29.7. The summed E-state index contributed by atoms with van der Waals surface area (Å²) in [5.74, 6) is 0.542. The number of esters is 1. The van der Waals surface area contributed by atoms with Crippen molar-refractivity contribution in [1.82, 2.24) is 15.0 Å². The van der Waals surface area contributed by atoms with Crippen LogP contribution in [0.1, 0.15) is 22.7 Å². The lowest BCUT2D eigenvalue weighted by atomic mass is 9.95. The molecule has 3 heterocycles. The van der Waals surface area contributed by atoms with Gasteiger partial charge in [-0.1, -0.05) is 42.5 Å². The second-order valence-electron chi connectivity index (χ2n) is 9.86. The van der Waals surface area contributed by atoms with Crippen molar-refractivity contribution < 1.29 is 31.9 Å². The molecule has 2 aromatic carbocycles. The Labute approximate surface area is 240 Å². The van der Waals surface area contributed by atoms with E-state index in [2.05, 4.69) is 15.0 Å². The van der Waals surface area contributed by atoms with E-state index >= 15 is 0 Å². The van der Waals surface area contributed by atoms with E-state index < -0.39 is 23.8 Å². The predicted molar refractivity (Wildman–Crippen MR) is 150 cm³/mol. The maximum atomic E-state index is 13.2. The molecule has 218 valence electrons. The highest BCUT2D eigenvalue weighted by Gasteiger charge is 2.39. The highest BCUT2D eigenvalue weighted by Crippen LogP contribution is 2.32. The van der Waals surface area contributed by atoms with E-state index in [9.17, 15) is 18.0 Å². The number of rotatable bonds is 9. The second kappa shape index (κ2) is 12.5. The highest BCUT2D eigenvalue weighted by molar-refractivity contribution is 5.75. The van der Waals surface area contributed by atoms with Gasteiger partial charge in [0.1, 0.15) is 17.2 Å². The van der Waals surface area contributed by atoms with Crippen LogP contribution in [0.5, 0.6) is 5.75 Å². The summed E-state index contributed by atoms with van der Waals surface area (Å²) in [4.78, 5) is 26.4. The summed E-state index contributed by atoms with van der Waals surface area (Å²) in [7, 11) is 1.29. The molecular weight excluding hydrogens is 549 g/mol. The number of alkyl halides is 3. The van der Waals surface area contributed by atoms with E-state index in [1.165, 1.54) is 7.11 Å². The molecule has 0 spiro atoms. The minimum atomic E-state index is -4.59. The summed E-state index contributed by atoms with van der Waals surface area (Å²) in [6, 6.07) is 18.0. The van der Waals surface area contributed by atoms with E-state index in [0.717, 1.165) is 34.8 Å². The fraction of sp³-hybridized carbons (Fsp3) is 0.290. The molecule has 0 bridgehead atoms. The smallest absolute Gasteiger partial charge is 0.433 e. The van der Waals surface area contributed by atoms with Crippen molar-refractivity contribution in [2.45, 2.75) is 19.5 Å². The van der Waals surface area contributed by atoms with Crippen molar-refractivity contribution in [1.29, 1.82) is 0 Å². The third kappa shape index (κ3) is 6.79. The summed E-state index contributed by atoms with van der Waals surface area (Å²) in [5, 5.41) is 0. The molecule has 5 rings (SSSR count). The Bertz CT molecular complexity index is 1560. The lowest BCUT2D eigenvalue weighted by Crippen LogP contribution is -2.26. The van der Waals surface area contributed by atoms with Gasteiger partial charge in [-0.15, -0.1) is 0 Å². The minimum Gasteiger partial charge on any atom is -0.493 e. The van der Waals surface area contributed by atoms with Gasteiger partial charge in [-0.25, -0.2) is 15.0 Å². The second-order valence-corrected chi connectivity index (χ2v) is 9.86. The molecule has 4 aromatic rings. The molecule has 42 heavy (non-hydrogen) atoms. The summed E-state index contributed by atoms with van der Waals surface area (Å²) >= 11 is 0. The normalized spacial score (nSPS) is 17.1. The van der Waals surface area contributed by atoms with Gasteiger partial charge < -0.3 is 18.8 Å². The number of halogens is 3. The molecule has 0 radical (unpaired) electrons. The Morgan fingerprint density at radius 1 is 1.10 bits per heavy atom. The number of oxazole rings is 1. The summed E-state index contributed by atoms with van der Waals surface area (Å²) in [5.41, 5.74) is 1.55. The summed E-state index contributed by atoms with van der Waals surface area (Å²) in [6.07, 6.45) is 0.762. The van der Waals surface area contributed by atoms with E-state index in [1.54, 1.807) is 4.90 Å². The maximum Gasteiger partial charge on any atom is 0.433 e. The molecule has 0 aliphatic carbocycles. The third-order valence-electron chi connectivity index (χ3n) is 7.00.